The second kappa shape index (κ2) is 10.2. The minimum Gasteiger partial charge on any atom is -0.444 e. The third kappa shape index (κ3) is 6.30. The summed E-state index contributed by atoms with van der Waals surface area (Å²) >= 11 is 0. The van der Waals surface area contributed by atoms with E-state index in [1.807, 2.05) is 6.07 Å². The van der Waals surface area contributed by atoms with Crippen molar-refractivity contribution in [3.63, 3.8) is 0 Å². The van der Waals surface area contributed by atoms with Gasteiger partial charge in [0.2, 0.25) is 15.9 Å². The van der Waals surface area contributed by atoms with Gasteiger partial charge in [-0.2, -0.15) is 10.5 Å². The maximum Gasteiger partial charge on any atom is 0.410 e. The van der Waals surface area contributed by atoms with Crippen molar-refractivity contribution < 1.29 is 22.7 Å². The molecule has 2 aliphatic heterocycles. The minimum atomic E-state index is -3.74. The van der Waals surface area contributed by atoms with Gasteiger partial charge in [0.05, 0.1) is 22.6 Å². The summed E-state index contributed by atoms with van der Waals surface area (Å²) in [7, 11) is -3.74. The molecule has 2 saturated heterocycles. The summed E-state index contributed by atoms with van der Waals surface area (Å²) in [4.78, 5) is 28.8. The standard InChI is InChI=1S/C24H31N5O5S/c1-23(2,3)34-22(31)28-12-9-24(17-26,10-13-28)21(30)29-11-8-19(16-29)15-27-35(32,33)20-6-4-18(14-25)5-7-20/h4-7,19,27H,8-13,15-16H2,1-3H3. The Bertz CT molecular complexity index is 1140. The van der Waals surface area contributed by atoms with Crippen LogP contribution in [-0.2, 0) is 19.6 Å². The summed E-state index contributed by atoms with van der Waals surface area (Å²) in [6.45, 7) is 6.84. The lowest BCUT2D eigenvalue weighted by molar-refractivity contribution is -0.140. The Morgan fingerprint density at radius 3 is 2.29 bits per heavy atom. The molecule has 0 aliphatic carbocycles. The highest BCUT2D eigenvalue weighted by Crippen LogP contribution is 2.35. The Morgan fingerprint density at radius 2 is 1.74 bits per heavy atom. The van der Waals surface area contributed by atoms with Crippen LogP contribution in [0, 0.1) is 34.0 Å². The van der Waals surface area contributed by atoms with Crippen molar-refractivity contribution in [3.05, 3.63) is 29.8 Å². The second-order valence-electron chi connectivity index (χ2n) is 10.1. The van der Waals surface area contributed by atoms with Crippen LogP contribution in [0.25, 0.3) is 0 Å². The van der Waals surface area contributed by atoms with E-state index in [0.29, 0.717) is 25.1 Å². The van der Waals surface area contributed by atoms with Crippen LogP contribution in [0.5, 0.6) is 0 Å². The fourth-order valence-corrected chi connectivity index (χ4v) is 5.39. The van der Waals surface area contributed by atoms with Gasteiger partial charge in [-0.15, -0.1) is 0 Å². The molecule has 0 spiro atoms. The highest BCUT2D eigenvalue weighted by atomic mass is 32.2. The summed E-state index contributed by atoms with van der Waals surface area (Å²) in [6, 6.07) is 9.80. The van der Waals surface area contributed by atoms with E-state index in [1.165, 1.54) is 29.2 Å². The number of hydrogen-bond donors (Lipinski definition) is 1. The van der Waals surface area contributed by atoms with Crippen LogP contribution in [0.15, 0.2) is 29.2 Å². The second-order valence-corrected chi connectivity index (χ2v) is 11.8. The van der Waals surface area contributed by atoms with Crippen molar-refractivity contribution >= 4 is 22.0 Å². The van der Waals surface area contributed by atoms with E-state index < -0.39 is 27.1 Å². The molecule has 0 aromatic heterocycles. The molecule has 11 heteroatoms. The smallest absolute Gasteiger partial charge is 0.410 e. The molecule has 1 unspecified atom stereocenters. The number of ether oxygens (including phenoxy) is 1. The van der Waals surface area contributed by atoms with Crippen LogP contribution in [0.2, 0.25) is 0 Å². The summed E-state index contributed by atoms with van der Waals surface area (Å²) in [5.74, 6) is -0.342. The summed E-state index contributed by atoms with van der Waals surface area (Å²) in [6.07, 6.45) is 0.627. The largest absolute Gasteiger partial charge is 0.444 e. The van der Waals surface area contributed by atoms with E-state index in [1.54, 1.807) is 25.7 Å². The molecule has 1 aromatic rings. The van der Waals surface area contributed by atoms with Crippen molar-refractivity contribution in [2.75, 3.05) is 32.7 Å². The van der Waals surface area contributed by atoms with Crippen molar-refractivity contribution in [2.45, 2.75) is 50.5 Å². The monoisotopic (exact) mass is 501 g/mol. The third-order valence-electron chi connectivity index (χ3n) is 6.32. The quantitative estimate of drug-likeness (QED) is 0.651. The summed E-state index contributed by atoms with van der Waals surface area (Å²) in [5, 5.41) is 18.7. The maximum atomic E-state index is 13.3. The molecule has 2 aliphatic rings. The Labute approximate surface area is 206 Å². The molecule has 35 heavy (non-hydrogen) atoms. The normalized spacial score (nSPS) is 20.1. The van der Waals surface area contributed by atoms with Gasteiger partial charge in [-0.05, 0) is 70.2 Å². The van der Waals surface area contributed by atoms with Crippen molar-refractivity contribution in [1.29, 1.82) is 10.5 Å². The molecule has 1 N–H and O–H groups in total. The SMILES string of the molecule is CC(C)(C)OC(=O)N1CCC(C#N)(C(=O)N2CCC(CNS(=O)(=O)c3ccc(C#N)cc3)C2)CC1. The number of rotatable bonds is 5. The molecule has 0 radical (unpaired) electrons. The number of nitrogens with zero attached hydrogens (tertiary/aromatic N) is 4. The predicted molar refractivity (Wildman–Crippen MR) is 126 cm³/mol. The molecular weight excluding hydrogens is 470 g/mol. The zero-order valence-electron chi connectivity index (χ0n) is 20.3. The maximum absolute atomic E-state index is 13.3. The number of likely N-dealkylation sites (tertiary alicyclic amines) is 2. The van der Waals surface area contributed by atoms with Gasteiger partial charge in [-0.3, -0.25) is 4.79 Å². The number of carbonyl (C=O) groups excluding carboxylic acids is 2. The van der Waals surface area contributed by atoms with E-state index in [-0.39, 0.29) is 49.2 Å². The lowest BCUT2D eigenvalue weighted by Gasteiger charge is -2.38. The number of carbonyl (C=O) groups is 2. The van der Waals surface area contributed by atoms with Crippen LogP contribution in [0.1, 0.15) is 45.6 Å². The third-order valence-corrected chi connectivity index (χ3v) is 7.76. The Kier molecular flexibility index (Phi) is 7.73. The molecule has 2 amide bonds. The molecule has 1 atom stereocenters. The van der Waals surface area contributed by atoms with E-state index in [9.17, 15) is 23.3 Å². The highest BCUT2D eigenvalue weighted by Gasteiger charge is 2.46. The first-order valence-corrected chi connectivity index (χ1v) is 13.1. The molecule has 3 rings (SSSR count). The van der Waals surface area contributed by atoms with Crippen LogP contribution >= 0.6 is 0 Å². The number of sulfonamides is 1. The van der Waals surface area contributed by atoms with E-state index >= 15 is 0 Å². The Balaban J connectivity index is 1.55. The number of benzene rings is 1. The molecule has 2 fully saturated rings. The molecular formula is C24H31N5O5S. The van der Waals surface area contributed by atoms with Crippen molar-refractivity contribution in [3.8, 4) is 12.1 Å². The topological polar surface area (TPSA) is 144 Å². The van der Waals surface area contributed by atoms with E-state index in [2.05, 4.69) is 10.8 Å². The van der Waals surface area contributed by atoms with E-state index in [4.69, 9.17) is 10.00 Å². The van der Waals surface area contributed by atoms with Gasteiger partial charge in [0, 0.05) is 32.7 Å². The Hall–Kier alpha value is -3.15. The van der Waals surface area contributed by atoms with E-state index in [0.717, 1.165) is 0 Å². The van der Waals surface area contributed by atoms with Crippen LogP contribution in [-0.4, -0.2) is 68.5 Å². The molecule has 188 valence electrons. The molecule has 0 saturated carbocycles. The molecule has 2 heterocycles. The van der Waals surface area contributed by atoms with Gasteiger partial charge in [0.25, 0.3) is 0 Å². The highest BCUT2D eigenvalue weighted by molar-refractivity contribution is 7.89. The summed E-state index contributed by atoms with van der Waals surface area (Å²) in [5.41, 5.74) is -1.45. The molecule has 10 nitrogen and oxygen atoms in total. The van der Waals surface area contributed by atoms with Gasteiger partial charge in [0.15, 0.2) is 0 Å². The average Bonchev–Trinajstić information content (AvgIpc) is 3.30. The Morgan fingerprint density at radius 1 is 1.11 bits per heavy atom. The lowest BCUT2D eigenvalue weighted by atomic mass is 9.78. The number of nitriles is 2. The average molecular weight is 502 g/mol. The number of hydrogen-bond acceptors (Lipinski definition) is 7. The lowest BCUT2D eigenvalue weighted by Crippen LogP contribution is -2.51. The van der Waals surface area contributed by atoms with Crippen LogP contribution in [0.4, 0.5) is 4.79 Å². The van der Waals surface area contributed by atoms with Crippen LogP contribution in [0.3, 0.4) is 0 Å². The molecule has 0 bridgehead atoms. The van der Waals surface area contributed by atoms with Gasteiger partial charge in [-0.25, -0.2) is 17.9 Å². The fourth-order valence-electron chi connectivity index (χ4n) is 4.28. The predicted octanol–water partition coefficient (Wildman–Crippen LogP) is 2.23. The van der Waals surface area contributed by atoms with Crippen molar-refractivity contribution in [2.24, 2.45) is 11.3 Å². The van der Waals surface area contributed by atoms with Gasteiger partial charge in [-0.1, -0.05) is 0 Å². The number of nitrogens with one attached hydrogen (secondary N) is 1. The summed E-state index contributed by atoms with van der Waals surface area (Å²) < 4.78 is 33.1. The first-order valence-electron chi connectivity index (χ1n) is 11.6. The number of piperidine rings is 1. The zero-order chi connectivity index (χ0) is 25.9. The van der Waals surface area contributed by atoms with Crippen molar-refractivity contribution in [1.82, 2.24) is 14.5 Å². The van der Waals surface area contributed by atoms with Gasteiger partial charge in [0.1, 0.15) is 11.0 Å². The first-order chi connectivity index (χ1) is 16.4. The van der Waals surface area contributed by atoms with Gasteiger partial charge < -0.3 is 14.5 Å². The van der Waals surface area contributed by atoms with Gasteiger partial charge >= 0.3 is 6.09 Å². The molecule has 1 aromatic carbocycles. The first kappa shape index (κ1) is 26.5. The van der Waals surface area contributed by atoms with Crippen LogP contribution < -0.4 is 4.72 Å². The number of amides is 2. The fraction of sp³-hybridized carbons (Fsp3) is 0.583. The minimum absolute atomic E-state index is 0.0719. The zero-order valence-corrected chi connectivity index (χ0v) is 21.1.